The standard InChI is InChI=1S/C23H19N3O3/c1-28-18-9-11-19(12-10-18)29-15-23(27)25-17-6-4-5-16(13-17)22-14-24-20-7-2-3-8-21(20)26-22/h2-14H,15H2,1H3,(H,25,27). The Morgan fingerprint density at radius 2 is 1.69 bits per heavy atom. The second-order valence-electron chi connectivity index (χ2n) is 6.34. The van der Waals surface area contributed by atoms with Gasteiger partial charge in [-0.3, -0.25) is 9.78 Å². The molecule has 6 heteroatoms. The van der Waals surface area contributed by atoms with Crippen molar-refractivity contribution in [1.82, 2.24) is 9.97 Å². The fraction of sp³-hybridized carbons (Fsp3) is 0.0870. The van der Waals surface area contributed by atoms with Crippen LogP contribution < -0.4 is 14.8 Å². The van der Waals surface area contributed by atoms with Crippen LogP contribution in [0.3, 0.4) is 0 Å². The molecule has 1 amide bonds. The molecule has 0 aliphatic heterocycles. The number of fused-ring (bicyclic) bond motifs is 1. The lowest BCUT2D eigenvalue weighted by molar-refractivity contribution is -0.118. The second kappa shape index (κ2) is 8.39. The van der Waals surface area contributed by atoms with Gasteiger partial charge in [-0.25, -0.2) is 4.98 Å². The van der Waals surface area contributed by atoms with E-state index in [1.54, 1.807) is 37.6 Å². The topological polar surface area (TPSA) is 73.3 Å². The van der Waals surface area contributed by atoms with Crippen molar-refractivity contribution in [3.05, 3.63) is 79.0 Å². The molecule has 0 fully saturated rings. The van der Waals surface area contributed by atoms with Crippen molar-refractivity contribution in [2.24, 2.45) is 0 Å². The summed E-state index contributed by atoms with van der Waals surface area (Å²) in [6.07, 6.45) is 1.73. The monoisotopic (exact) mass is 385 g/mol. The van der Waals surface area contributed by atoms with Crippen LogP contribution >= 0.6 is 0 Å². The second-order valence-corrected chi connectivity index (χ2v) is 6.34. The molecule has 0 unspecified atom stereocenters. The number of para-hydroxylation sites is 2. The number of methoxy groups -OCH3 is 1. The van der Waals surface area contributed by atoms with Crippen molar-refractivity contribution >= 4 is 22.6 Å². The summed E-state index contributed by atoms with van der Waals surface area (Å²) < 4.78 is 10.6. The maximum Gasteiger partial charge on any atom is 0.262 e. The van der Waals surface area contributed by atoms with Crippen LogP contribution in [-0.2, 0) is 4.79 Å². The summed E-state index contributed by atoms with van der Waals surface area (Å²) in [5.41, 5.74) is 3.95. The Morgan fingerprint density at radius 1 is 0.931 bits per heavy atom. The van der Waals surface area contributed by atoms with Crippen LogP contribution in [0.2, 0.25) is 0 Å². The van der Waals surface area contributed by atoms with Crippen molar-refractivity contribution in [3.63, 3.8) is 0 Å². The average molecular weight is 385 g/mol. The third kappa shape index (κ3) is 4.50. The van der Waals surface area contributed by atoms with Gasteiger partial charge in [-0.15, -0.1) is 0 Å². The highest BCUT2D eigenvalue weighted by molar-refractivity contribution is 5.92. The molecule has 0 saturated carbocycles. The zero-order valence-electron chi connectivity index (χ0n) is 15.8. The minimum atomic E-state index is -0.248. The highest BCUT2D eigenvalue weighted by atomic mass is 16.5. The summed E-state index contributed by atoms with van der Waals surface area (Å²) >= 11 is 0. The number of nitrogens with one attached hydrogen (secondary N) is 1. The van der Waals surface area contributed by atoms with Gasteiger partial charge in [0.15, 0.2) is 6.61 Å². The lowest BCUT2D eigenvalue weighted by atomic mass is 10.1. The minimum absolute atomic E-state index is 0.0909. The third-order valence-corrected chi connectivity index (χ3v) is 4.32. The lowest BCUT2D eigenvalue weighted by Gasteiger charge is -2.09. The van der Waals surface area contributed by atoms with E-state index in [1.807, 2.05) is 48.5 Å². The van der Waals surface area contributed by atoms with E-state index in [0.29, 0.717) is 11.4 Å². The maximum absolute atomic E-state index is 12.2. The summed E-state index contributed by atoms with van der Waals surface area (Å²) in [5, 5.41) is 2.85. The first-order valence-corrected chi connectivity index (χ1v) is 9.10. The number of anilines is 1. The van der Waals surface area contributed by atoms with E-state index in [1.165, 1.54) is 0 Å². The maximum atomic E-state index is 12.2. The number of benzene rings is 3. The van der Waals surface area contributed by atoms with Crippen molar-refractivity contribution in [1.29, 1.82) is 0 Å². The first-order valence-electron chi connectivity index (χ1n) is 9.10. The highest BCUT2D eigenvalue weighted by Gasteiger charge is 2.07. The van der Waals surface area contributed by atoms with Crippen LogP contribution in [0.4, 0.5) is 5.69 Å². The van der Waals surface area contributed by atoms with Crippen molar-refractivity contribution in [3.8, 4) is 22.8 Å². The SMILES string of the molecule is COc1ccc(OCC(=O)Nc2cccc(-c3cnc4ccccc4n3)c2)cc1. The number of carbonyl (C=O) groups excluding carboxylic acids is 1. The predicted molar refractivity (Wildman–Crippen MR) is 112 cm³/mol. The van der Waals surface area contributed by atoms with Crippen molar-refractivity contribution < 1.29 is 14.3 Å². The molecular formula is C23H19N3O3. The van der Waals surface area contributed by atoms with Crippen LogP contribution in [0.5, 0.6) is 11.5 Å². The van der Waals surface area contributed by atoms with Gasteiger partial charge in [0, 0.05) is 11.3 Å². The molecule has 1 aromatic heterocycles. The van der Waals surface area contributed by atoms with E-state index in [2.05, 4.69) is 15.3 Å². The molecule has 0 atom stereocenters. The molecule has 3 aromatic carbocycles. The Hall–Kier alpha value is -3.93. The van der Waals surface area contributed by atoms with Gasteiger partial charge in [0.25, 0.3) is 5.91 Å². The minimum Gasteiger partial charge on any atom is -0.497 e. The largest absolute Gasteiger partial charge is 0.497 e. The van der Waals surface area contributed by atoms with E-state index in [9.17, 15) is 4.79 Å². The van der Waals surface area contributed by atoms with Gasteiger partial charge < -0.3 is 14.8 Å². The molecule has 0 spiro atoms. The number of amides is 1. The molecule has 0 bridgehead atoms. The average Bonchev–Trinajstić information content (AvgIpc) is 2.78. The van der Waals surface area contributed by atoms with Crippen LogP contribution in [0.25, 0.3) is 22.3 Å². The van der Waals surface area contributed by atoms with E-state index in [4.69, 9.17) is 9.47 Å². The normalized spacial score (nSPS) is 10.5. The number of aromatic nitrogens is 2. The number of ether oxygens (including phenoxy) is 2. The molecule has 1 N–H and O–H groups in total. The Labute approximate surface area is 168 Å². The molecule has 1 heterocycles. The fourth-order valence-electron chi connectivity index (χ4n) is 2.87. The first kappa shape index (κ1) is 18.4. The van der Waals surface area contributed by atoms with Crippen LogP contribution in [0.1, 0.15) is 0 Å². The molecule has 4 rings (SSSR count). The predicted octanol–water partition coefficient (Wildman–Crippen LogP) is 4.32. The van der Waals surface area contributed by atoms with Gasteiger partial charge in [0.2, 0.25) is 0 Å². The van der Waals surface area contributed by atoms with Crippen molar-refractivity contribution in [2.45, 2.75) is 0 Å². The summed E-state index contributed by atoms with van der Waals surface area (Å²) in [7, 11) is 1.60. The third-order valence-electron chi connectivity index (χ3n) is 4.32. The molecule has 0 aliphatic rings. The van der Waals surface area contributed by atoms with E-state index in [-0.39, 0.29) is 12.5 Å². The summed E-state index contributed by atoms with van der Waals surface area (Å²) in [6, 6.07) is 22.3. The van der Waals surface area contributed by atoms with Gasteiger partial charge in [-0.1, -0.05) is 24.3 Å². The first-order chi connectivity index (χ1) is 14.2. The van der Waals surface area contributed by atoms with Gasteiger partial charge in [0.1, 0.15) is 11.5 Å². The molecule has 144 valence electrons. The smallest absolute Gasteiger partial charge is 0.262 e. The molecule has 0 radical (unpaired) electrons. The quantitative estimate of drug-likeness (QED) is 0.535. The van der Waals surface area contributed by atoms with Crippen molar-refractivity contribution in [2.75, 3.05) is 19.0 Å². The summed E-state index contributed by atoms with van der Waals surface area (Å²) in [4.78, 5) is 21.3. The molecule has 0 aliphatic carbocycles. The Kier molecular flexibility index (Phi) is 5.33. The molecular weight excluding hydrogens is 366 g/mol. The zero-order chi connectivity index (χ0) is 20.1. The van der Waals surface area contributed by atoms with Crippen LogP contribution in [-0.4, -0.2) is 29.6 Å². The Morgan fingerprint density at radius 3 is 2.48 bits per heavy atom. The van der Waals surface area contributed by atoms with Gasteiger partial charge in [0.05, 0.1) is 30.0 Å². The fourth-order valence-corrected chi connectivity index (χ4v) is 2.87. The van der Waals surface area contributed by atoms with Gasteiger partial charge in [-0.2, -0.15) is 0 Å². The van der Waals surface area contributed by atoms with E-state index >= 15 is 0 Å². The number of nitrogens with zero attached hydrogens (tertiary/aromatic N) is 2. The van der Waals surface area contributed by atoms with Crippen LogP contribution in [0, 0.1) is 0 Å². The Balaban J connectivity index is 1.43. The molecule has 0 saturated heterocycles. The van der Waals surface area contributed by atoms with Gasteiger partial charge >= 0.3 is 0 Å². The molecule has 6 nitrogen and oxygen atoms in total. The Bertz CT molecular complexity index is 1140. The lowest BCUT2D eigenvalue weighted by Crippen LogP contribution is -2.20. The molecule has 29 heavy (non-hydrogen) atoms. The van der Waals surface area contributed by atoms with Gasteiger partial charge in [-0.05, 0) is 48.5 Å². The number of hydrogen-bond acceptors (Lipinski definition) is 5. The highest BCUT2D eigenvalue weighted by Crippen LogP contribution is 2.22. The summed E-state index contributed by atoms with van der Waals surface area (Å²) in [6.45, 7) is -0.0909. The number of rotatable bonds is 6. The number of carbonyl (C=O) groups is 1. The number of hydrogen-bond donors (Lipinski definition) is 1. The zero-order valence-corrected chi connectivity index (χ0v) is 15.8. The van der Waals surface area contributed by atoms with E-state index in [0.717, 1.165) is 28.0 Å². The van der Waals surface area contributed by atoms with Crippen LogP contribution in [0.15, 0.2) is 79.0 Å². The summed E-state index contributed by atoms with van der Waals surface area (Å²) in [5.74, 6) is 1.08. The van der Waals surface area contributed by atoms with E-state index < -0.39 is 0 Å². The molecule has 4 aromatic rings.